The van der Waals surface area contributed by atoms with Crippen LogP contribution in [0.4, 0.5) is 0 Å². The molecule has 7 heteroatoms. The number of hydrogen-bond acceptors (Lipinski definition) is 4. The average Bonchev–Trinajstić information content (AvgIpc) is 2.78. The van der Waals surface area contributed by atoms with E-state index in [1.807, 2.05) is 4.68 Å². The van der Waals surface area contributed by atoms with E-state index in [-0.39, 0.29) is 6.04 Å². The summed E-state index contributed by atoms with van der Waals surface area (Å²) in [7, 11) is 1.68. The van der Waals surface area contributed by atoms with Gasteiger partial charge in [-0.2, -0.15) is 5.10 Å². The van der Waals surface area contributed by atoms with Crippen molar-refractivity contribution in [3.05, 3.63) is 50.2 Å². The molecule has 1 aromatic heterocycles. The Morgan fingerprint density at radius 3 is 2.76 bits per heavy atom. The van der Waals surface area contributed by atoms with Crippen molar-refractivity contribution in [2.75, 3.05) is 13.7 Å². The van der Waals surface area contributed by atoms with Gasteiger partial charge in [0.2, 0.25) is 0 Å². The van der Waals surface area contributed by atoms with Crippen molar-refractivity contribution in [1.82, 2.24) is 15.2 Å². The standard InChI is InChI=1S/C14H18Br2N4O/c1-9-5-10(7-11(15)6-9)13(19-17)14-12(16)8-18-20(14)3-4-21-2/h5-8,13,19H,3-4,17H2,1-2H3. The largest absolute Gasteiger partial charge is 0.383 e. The van der Waals surface area contributed by atoms with Crippen LogP contribution >= 0.6 is 31.9 Å². The highest BCUT2D eigenvalue weighted by Crippen LogP contribution is 2.30. The number of ether oxygens (including phenoxy) is 1. The Morgan fingerprint density at radius 1 is 1.38 bits per heavy atom. The van der Waals surface area contributed by atoms with Crippen LogP contribution in [0.2, 0.25) is 0 Å². The summed E-state index contributed by atoms with van der Waals surface area (Å²) in [6.07, 6.45) is 1.78. The monoisotopic (exact) mass is 416 g/mol. The number of nitrogens with one attached hydrogen (secondary N) is 1. The Balaban J connectivity index is 2.43. The Hall–Kier alpha value is -0.730. The number of hydrazine groups is 1. The van der Waals surface area contributed by atoms with Crippen LogP contribution in [-0.2, 0) is 11.3 Å². The van der Waals surface area contributed by atoms with Crippen LogP contribution in [0.25, 0.3) is 0 Å². The minimum atomic E-state index is -0.157. The molecule has 0 saturated heterocycles. The number of hydrogen-bond donors (Lipinski definition) is 2. The van der Waals surface area contributed by atoms with Gasteiger partial charge in [0.25, 0.3) is 0 Å². The Bertz CT molecular complexity index is 595. The topological polar surface area (TPSA) is 65.1 Å². The van der Waals surface area contributed by atoms with E-state index in [1.54, 1.807) is 13.3 Å². The molecule has 1 unspecified atom stereocenters. The first-order valence-corrected chi connectivity index (χ1v) is 8.08. The molecule has 0 aliphatic carbocycles. The van der Waals surface area contributed by atoms with Crippen molar-refractivity contribution in [1.29, 1.82) is 0 Å². The number of methoxy groups -OCH3 is 1. The Morgan fingerprint density at radius 2 is 2.14 bits per heavy atom. The van der Waals surface area contributed by atoms with Crippen molar-refractivity contribution in [3.63, 3.8) is 0 Å². The van der Waals surface area contributed by atoms with Gasteiger partial charge in [0.15, 0.2) is 0 Å². The van der Waals surface area contributed by atoms with Crippen LogP contribution in [-0.4, -0.2) is 23.5 Å². The summed E-state index contributed by atoms with van der Waals surface area (Å²) in [4.78, 5) is 0. The van der Waals surface area contributed by atoms with Gasteiger partial charge in [0.1, 0.15) is 0 Å². The fourth-order valence-corrected chi connectivity index (χ4v) is 3.43. The summed E-state index contributed by atoms with van der Waals surface area (Å²) in [5, 5.41) is 4.37. The number of aryl methyl sites for hydroxylation is 1. The highest BCUT2D eigenvalue weighted by Gasteiger charge is 2.21. The van der Waals surface area contributed by atoms with E-state index in [9.17, 15) is 0 Å². The molecule has 3 N–H and O–H groups in total. The minimum Gasteiger partial charge on any atom is -0.383 e. The maximum absolute atomic E-state index is 5.80. The van der Waals surface area contributed by atoms with E-state index in [0.29, 0.717) is 13.2 Å². The van der Waals surface area contributed by atoms with E-state index in [2.05, 4.69) is 67.5 Å². The zero-order valence-electron chi connectivity index (χ0n) is 11.9. The lowest BCUT2D eigenvalue weighted by Gasteiger charge is -2.20. The van der Waals surface area contributed by atoms with Gasteiger partial charge in [0, 0.05) is 11.6 Å². The number of benzene rings is 1. The second-order valence-electron chi connectivity index (χ2n) is 4.76. The van der Waals surface area contributed by atoms with Crippen molar-refractivity contribution < 1.29 is 4.74 Å². The van der Waals surface area contributed by atoms with Gasteiger partial charge in [-0.1, -0.05) is 22.0 Å². The third-order valence-corrected chi connectivity index (χ3v) is 4.25. The summed E-state index contributed by atoms with van der Waals surface area (Å²) in [5.74, 6) is 5.80. The Kier molecular flexibility index (Phi) is 5.95. The highest BCUT2D eigenvalue weighted by molar-refractivity contribution is 9.10. The molecule has 1 heterocycles. The maximum Gasteiger partial charge on any atom is 0.0890 e. The number of rotatable bonds is 6. The zero-order valence-corrected chi connectivity index (χ0v) is 15.1. The molecule has 5 nitrogen and oxygen atoms in total. The van der Waals surface area contributed by atoms with E-state index in [1.165, 1.54) is 5.56 Å². The van der Waals surface area contributed by atoms with E-state index in [0.717, 1.165) is 20.2 Å². The van der Waals surface area contributed by atoms with Gasteiger partial charge in [-0.05, 0) is 46.1 Å². The van der Waals surface area contributed by atoms with Gasteiger partial charge in [-0.15, -0.1) is 0 Å². The van der Waals surface area contributed by atoms with Crippen LogP contribution in [0.3, 0.4) is 0 Å². The summed E-state index contributed by atoms with van der Waals surface area (Å²) < 4.78 is 8.97. The van der Waals surface area contributed by atoms with Crippen molar-refractivity contribution in [2.24, 2.45) is 5.84 Å². The number of nitrogens with zero attached hydrogens (tertiary/aromatic N) is 2. The summed E-state index contributed by atoms with van der Waals surface area (Å²) in [5.41, 5.74) is 6.10. The van der Waals surface area contributed by atoms with E-state index < -0.39 is 0 Å². The molecule has 2 rings (SSSR count). The van der Waals surface area contributed by atoms with Crippen LogP contribution < -0.4 is 11.3 Å². The molecule has 21 heavy (non-hydrogen) atoms. The third kappa shape index (κ3) is 3.92. The minimum absolute atomic E-state index is 0.157. The Labute approximate surface area is 141 Å². The van der Waals surface area contributed by atoms with Gasteiger partial charge in [-0.25, -0.2) is 5.43 Å². The molecular weight excluding hydrogens is 400 g/mol. The second-order valence-corrected chi connectivity index (χ2v) is 6.53. The fraction of sp³-hybridized carbons (Fsp3) is 0.357. The molecule has 0 aliphatic heterocycles. The molecule has 1 aromatic carbocycles. The first-order chi connectivity index (χ1) is 10.1. The number of halogens is 2. The zero-order chi connectivity index (χ0) is 15.4. The van der Waals surface area contributed by atoms with Gasteiger partial charge in [0.05, 0.1) is 35.6 Å². The number of aromatic nitrogens is 2. The second kappa shape index (κ2) is 7.51. The molecule has 0 bridgehead atoms. The maximum atomic E-state index is 5.80. The predicted octanol–water partition coefficient (Wildman–Crippen LogP) is 2.92. The SMILES string of the molecule is COCCn1ncc(Br)c1C(NN)c1cc(C)cc(Br)c1. The van der Waals surface area contributed by atoms with Crippen LogP contribution in [0, 0.1) is 6.92 Å². The lowest BCUT2D eigenvalue weighted by Crippen LogP contribution is -2.31. The van der Waals surface area contributed by atoms with Crippen LogP contribution in [0.15, 0.2) is 33.3 Å². The molecule has 0 fully saturated rings. The summed E-state index contributed by atoms with van der Waals surface area (Å²) >= 11 is 7.08. The smallest absolute Gasteiger partial charge is 0.0890 e. The predicted molar refractivity (Wildman–Crippen MR) is 89.8 cm³/mol. The molecule has 0 radical (unpaired) electrons. The quantitative estimate of drug-likeness (QED) is 0.560. The molecular formula is C14H18Br2N4O. The first-order valence-electron chi connectivity index (χ1n) is 6.50. The van der Waals surface area contributed by atoms with Crippen molar-refractivity contribution >= 4 is 31.9 Å². The van der Waals surface area contributed by atoms with Crippen molar-refractivity contribution in [3.8, 4) is 0 Å². The third-order valence-electron chi connectivity index (χ3n) is 3.18. The lowest BCUT2D eigenvalue weighted by molar-refractivity contribution is 0.182. The van der Waals surface area contributed by atoms with E-state index in [4.69, 9.17) is 10.6 Å². The number of nitrogens with two attached hydrogens (primary N) is 1. The van der Waals surface area contributed by atoms with Gasteiger partial charge < -0.3 is 4.74 Å². The molecule has 0 amide bonds. The highest BCUT2D eigenvalue weighted by atomic mass is 79.9. The average molecular weight is 418 g/mol. The molecule has 0 aliphatic rings. The molecule has 0 spiro atoms. The van der Waals surface area contributed by atoms with Gasteiger partial charge in [-0.3, -0.25) is 10.5 Å². The molecule has 0 saturated carbocycles. The molecule has 2 aromatic rings. The van der Waals surface area contributed by atoms with E-state index >= 15 is 0 Å². The fourth-order valence-electron chi connectivity index (χ4n) is 2.28. The first kappa shape index (κ1) is 16.6. The van der Waals surface area contributed by atoms with Crippen LogP contribution in [0.1, 0.15) is 22.9 Å². The van der Waals surface area contributed by atoms with Crippen LogP contribution in [0.5, 0.6) is 0 Å². The molecule has 1 atom stereocenters. The lowest BCUT2D eigenvalue weighted by atomic mass is 10.0. The summed E-state index contributed by atoms with van der Waals surface area (Å²) in [6, 6.07) is 6.07. The molecule has 114 valence electrons. The van der Waals surface area contributed by atoms with Gasteiger partial charge >= 0.3 is 0 Å². The summed E-state index contributed by atoms with van der Waals surface area (Å²) in [6.45, 7) is 3.32. The normalized spacial score (nSPS) is 12.6. The van der Waals surface area contributed by atoms with Crippen molar-refractivity contribution in [2.45, 2.75) is 19.5 Å².